The van der Waals surface area contributed by atoms with Crippen molar-refractivity contribution >= 4 is 6.29 Å². The summed E-state index contributed by atoms with van der Waals surface area (Å²) in [5.74, 6) is 5.31. The van der Waals surface area contributed by atoms with Gasteiger partial charge in [-0.3, -0.25) is 4.79 Å². The van der Waals surface area contributed by atoms with Crippen LogP contribution in [0.5, 0.6) is 0 Å². The Labute approximate surface area is 149 Å². The van der Waals surface area contributed by atoms with Gasteiger partial charge < -0.3 is 0 Å². The highest BCUT2D eigenvalue weighted by molar-refractivity contribution is 5.67. The molecule has 0 aromatic carbocycles. The fourth-order valence-electron chi connectivity index (χ4n) is 7.24. The second kappa shape index (κ2) is 7.18. The molecule has 7 unspecified atom stereocenters. The van der Waals surface area contributed by atoms with Crippen LogP contribution in [0.4, 0.5) is 0 Å². The van der Waals surface area contributed by atoms with Crippen molar-refractivity contribution in [3.63, 3.8) is 0 Å². The monoisotopic (exact) mass is 328 g/mol. The van der Waals surface area contributed by atoms with Gasteiger partial charge in [0.2, 0.25) is 0 Å². The van der Waals surface area contributed by atoms with E-state index in [4.69, 9.17) is 0 Å². The van der Waals surface area contributed by atoms with Gasteiger partial charge in [0, 0.05) is 0 Å². The second-order valence-corrected chi connectivity index (χ2v) is 8.25. The maximum Gasteiger partial charge on any atom is 0.143 e. The summed E-state index contributed by atoms with van der Waals surface area (Å²) in [6.07, 6.45) is 17.4. The minimum absolute atomic E-state index is 0.639. The average molecular weight is 329 g/mol. The Bertz CT molecular complexity index is 510. The number of carbonyl (C=O) groups excluding carboxylic acids is 1. The van der Waals surface area contributed by atoms with Crippen LogP contribution in [0, 0.1) is 40.9 Å². The lowest BCUT2D eigenvalue weighted by Crippen LogP contribution is -2.40. The summed E-state index contributed by atoms with van der Waals surface area (Å²) in [6, 6.07) is 0. The number of allylic oxidation sites excluding steroid dienone is 4. The Balaban J connectivity index is 0.000000815. The quantitative estimate of drug-likeness (QED) is 0.443. The van der Waals surface area contributed by atoms with Crippen LogP contribution in [0.3, 0.4) is 0 Å². The van der Waals surface area contributed by atoms with Crippen molar-refractivity contribution < 1.29 is 4.79 Å². The first-order valence-electron chi connectivity index (χ1n) is 10.6. The lowest BCUT2D eigenvalue weighted by atomic mass is 9.57. The Kier molecular flexibility index (Phi) is 5.37. The maximum atomic E-state index is 11.0. The molecule has 4 rings (SSSR count). The van der Waals surface area contributed by atoms with E-state index in [0.717, 1.165) is 41.3 Å². The molecule has 24 heavy (non-hydrogen) atoms. The molecule has 0 radical (unpaired) electrons. The predicted molar refractivity (Wildman–Crippen MR) is 102 cm³/mol. The third-order valence-electron chi connectivity index (χ3n) is 7.86. The first-order chi connectivity index (χ1) is 11.8. The van der Waals surface area contributed by atoms with Crippen molar-refractivity contribution in [1.29, 1.82) is 0 Å². The van der Waals surface area contributed by atoms with Gasteiger partial charge in [0.1, 0.15) is 6.29 Å². The number of hydrogen-bond donors (Lipinski definition) is 0. The molecule has 3 fully saturated rings. The van der Waals surface area contributed by atoms with E-state index in [2.05, 4.69) is 26.0 Å². The first-order valence-corrected chi connectivity index (χ1v) is 10.6. The van der Waals surface area contributed by atoms with E-state index in [1.807, 2.05) is 19.9 Å². The molecular formula is C23H36O. The summed E-state index contributed by atoms with van der Waals surface area (Å²) in [7, 11) is 0. The zero-order valence-corrected chi connectivity index (χ0v) is 16.1. The molecule has 3 saturated carbocycles. The largest absolute Gasteiger partial charge is 0.299 e. The van der Waals surface area contributed by atoms with Crippen molar-refractivity contribution in [2.75, 3.05) is 0 Å². The van der Waals surface area contributed by atoms with Gasteiger partial charge in [-0.05, 0) is 84.7 Å². The average Bonchev–Trinajstić information content (AvgIpc) is 3.05. The van der Waals surface area contributed by atoms with Crippen molar-refractivity contribution in [2.45, 2.75) is 72.6 Å². The van der Waals surface area contributed by atoms with E-state index in [1.165, 1.54) is 50.5 Å². The Morgan fingerprint density at radius 3 is 2.54 bits per heavy atom. The SMILES string of the molecule is CC.CCCC1/C(=C\C=O)C=CC2C1CCC13C2CCC1C3CC. The highest BCUT2D eigenvalue weighted by atomic mass is 16.1. The number of aldehydes is 1. The van der Waals surface area contributed by atoms with Crippen molar-refractivity contribution in [2.24, 2.45) is 40.9 Å². The molecule has 0 N–H and O–H groups in total. The highest BCUT2D eigenvalue weighted by Gasteiger charge is 2.72. The molecule has 0 bridgehead atoms. The summed E-state index contributed by atoms with van der Waals surface area (Å²) in [4.78, 5) is 11.0. The third-order valence-corrected chi connectivity index (χ3v) is 7.86. The molecule has 7 atom stereocenters. The minimum atomic E-state index is 0.639. The predicted octanol–water partition coefficient (Wildman–Crippen LogP) is 6.20. The molecule has 0 saturated heterocycles. The van der Waals surface area contributed by atoms with E-state index in [9.17, 15) is 4.79 Å². The van der Waals surface area contributed by atoms with Gasteiger partial charge in [-0.25, -0.2) is 0 Å². The van der Waals surface area contributed by atoms with Crippen LogP contribution in [0.15, 0.2) is 23.8 Å². The van der Waals surface area contributed by atoms with Crippen LogP contribution in [-0.4, -0.2) is 6.29 Å². The second-order valence-electron chi connectivity index (χ2n) is 8.25. The van der Waals surface area contributed by atoms with Crippen molar-refractivity contribution in [3.8, 4) is 0 Å². The number of hydrogen-bond acceptors (Lipinski definition) is 1. The first kappa shape index (κ1) is 18.0. The van der Waals surface area contributed by atoms with Gasteiger partial charge in [-0.2, -0.15) is 0 Å². The summed E-state index contributed by atoms with van der Waals surface area (Å²) in [6.45, 7) is 8.69. The number of rotatable bonds is 4. The van der Waals surface area contributed by atoms with Gasteiger partial charge in [0.25, 0.3) is 0 Å². The summed E-state index contributed by atoms with van der Waals surface area (Å²) in [5, 5.41) is 0. The zero-order chi connectivity index (χ0) is 17.3. The molecule has 0 aromatic rings. The van der Waals surface area contributed by atoms with E-state index in [1.54, 1.807) is 0 Å². The van der Waals surface area contributed by atoms with E-state index in [-0.39, 0.29) is 0 Å². The molecule has 0 heterocycles. The van der Waals surface area contributed by atoms with E-state index < -0.39 is 0 Å². The third kappa shape index (κ3) is 2.45. The lowest BCUT2D eigenvalue weighted by Gasteiger charge is -2.47. The van der Waals surface area contributed by atoms with Crippen molar-refractivity contribution in [3.05, 3.63) is 23.8 Å². The smallest absolute Gasteiger partial charge is 0.143 e. The minimum Gasteiger partial charge on any atom is -0.299 e. The summed E-state index contributed by atoms with van der Waals surface area (Å²) in [5.41, 5.74) is 2.05. The highest BCUT2D eigenvalue weighted by Crippen LogP contribution is 2.78. The maximum absolute atomic E-state index is 11.0. The van der Waals surface area contributed by atoms with Gasteiger partial charge in [-0.15, -0.1) is 0 Å². The van der Waals surface area contributed by atoms with Gasteiger partial charge in [0.05, 0.1) is 0 Å². The molecule has 4 aliphatic rings. The molecule has 1 nitrogen and oxygen atoms in total. The van der Waals surface area contributed by atoms with Crippen LogP contribution in [0.1, 0.15) is 72.6 Å². The van der Waals surface area contributed by atoms with Crippen LogP contribution in [0.2, 0.25) is 0 Å². The molecule has 0 aliphatic heterocycles. The Hall–Kier alpha value is -0.850. The Morgan fingerprint density at radius 2 is 1.92 bits per heavy atom. The number of carbonyl (C=O) groups is 1. The van der Waals surface area contributed by atoms with Crippen molar-refractivity contribution in [1.82, 2.24) is 0 Å². The lowest BCUT2D eigenvalue weighted by molar-refractivity contribution is -0.104. The molecule has 4 aliphatic carbocycles. The number of fused-ring (bicyclic) bond motifs is 2. The van der Waals surface area contributed by atoms with E-state index >= 15 is 0 Å². The standard InChI is InChI=1S/C21H30O.C2H6/c1-3-5-15-14(11-13-22)6-7-17-16(15)10-12-21-18(4-2)20(21)9-8-19(17)21;1-2/h6-7,11,13,15-20H,3-5,8-10,12H2,1-2H3;1-2H3/b14-11-;. The molecule has 1 heteroatoms. The van der Waals surface area contributed by atoms with Crippen LogP contribution < -0.4 is 0 Å². The van der Waals surface area contributed by atoms with Gasteiger partial charge >= 0.3 is 0 Å². The molecular weight excluding hydrogens is 292 g/mol. The Morgan fingerprint density at radius 1 is 1.17 bits per heavy atom. The van der Waals surface area contributed by atoms with Crippen LogP contribution in [-0.2, 0) is 4.79 Å². The topological polar surface area (TPSA) is 17.1 Å². The fourth-order valence-corrected chi connectivity index (χ4v) is 7.24. The van der Waals surface area contributed by atoms with Gasteiger partial charge in [0.15, 0.2) is 0 Å². The van der Waals surface area contributed by atoms with E-state index in [0.29, 0.717) is 5.92 Å². The van der Waals surface area contributed by atoms with Crippen LogP contribution in [0.25, 0.3) is 0 Å². The van der Waals surface area contributed by atoms with Gasteiger partial charge in [-0.1, -0.05) is 52.7 Å². The molecule has 0 aromatic heterocycles. The molecule has 134 valence electrons. The normalized spacial score (nSPS) is 46.4. The summed E-state index contributed by atoms with van der Waals surface area (Å²) < 4.78 is 0. The molecule has 1 spiro atoms. The molecule has 0 amide bonds. The zero-order valence-electron chi connectivity index (χ0n) is 16.1. The summed E-state index contributed by atoms with van der Waals surface area (Å²) >= 11 is 0. The fraction of sp³-hybridized carbons (Fsp3) is 0.783. The van der Waals surface area contributed by atoms with Crippen LogP contribution >= 0.6 is 0 Å².